The second-order valence-electron chi connectivity index (χ2n) is 6.47. The van der Waals surface area contributed by atoms with E-state index in [-0.39, 0.29) is 11.8 Å². The molecule has 3 aromatic rings. The van der Waals surface area contributed by atoms with Crippen molar-refractivity contribution < 1.29 is 9.59 Å². The van der Waals surface area contributed by atoms with E-state index in [4.69, 9.17) is 11.6 Å². The maximum Gasteiger partial charge on any atom is 0.262 e. The Morgan fingerprint density at radius 2 is 1.79 bits per heavy atom. The van der Waals surface area contributed by atoms with E-state index in [0.717, 1.165) is 16.0 Å². The van der Waals surface area contributed by atoms with Gasteiger partial charge >= 0.3 is 0 Å². The number of hydrogen-bond acceptors (Lipinski definition) is 3. The van der Waals surface area contributed by atoms with Gasteiger partial charge in [-0.25, -0.2) is 0 Å². The summed E-state index contributed by atoms with van der Waals surface area (Å²) in [6, 6.07) is 22.4. The number of benzene rings is 3. The fourth-order valence-corrected chi connectivity index (χ4v) is 4.03. The van der Waals surface area contributed by atoms with Crippen molar-refractivity contribution in [3.63, 3.8) is 0 Å². The molecule has 0 aliphatic carbocycles. The third-order valence-corrected chi connectivity index (χ3v) is 5.86. The highest BCUT2D eigenvalue weighted by Crippen LogP contribution is 2.39. The lowest BCUT2D eigenvalue weighted by Crippen LogP contribution is -2.23. The molecule has 0 radical (unpaired) electrons. The van der Waals surface area contributed by atoms with Crippen LogP contribution in [-0.2, 0) is 11.3 Å². The van der Waals surface area contributed by atoms with Gasteiger partial charge in [-0.15, -0.1) is 0 Å². The van der Waals surface area contributed by atoms with Gasteiger partial charge in [-0.2, -0.15) is 0 Å². The predicted octanol–water partition coefficient (Wildman–Crippen LogP) is 5.36. The first-order valence-corrected chi connectivity index (χ1v) is 10.2. The number of fused-ring (bicyclic) bond motifs is 1. The molecule has 0 bridgehead atoms. The van der Waals surface area contributed by atoms with Gasteiger partial charge in [-0.05, 0) is 41.5 Å². The molecule has 29 heavy (non-hydrogen) atoms. The van der Waals surface area contributed by atoms with Gasteiger partial charge in [0.2, 0.25) is 0 Å². The molecule has 0 fully saturated rings. The lowest BCUT2D eigenvalue weighted by Gasteiger charge is -2.19. The Bertz CT molecular complexity index is 1110. The second kappa shape index (κ2) is 8.55. The summed E-state index contributed by atoms with van der Waals surface area (Å²) in [5.41, 5.74) is 2.94. The van der Waals surface area contributed by atoms with Gasteiger partial charge in [0.05, 0.1) is 10.6 Å². The summed E-state index contributed by atoms with van der Waals surface area (Å²) in [5.74, 6) is -0.405. The molecule has 1 heterocycles. The highest BCUT2D eigenvalue weighted by Gasteiger charge is 2.22. The zero-order chi connectivity index (χ0) is 20.2. The molecule has 1 aliphatic heterocycles. The zero-order valence-electron chi connectivity index (χ0n) is 15.3. The van der Waals surface area contributed by atoms with Crippen LogP contribution in [0.2, 0.25) is 5.02 Å². The molecule has 6 heteroatoms. The molecule has 0 aromatic heterocycles. The van der Waals surface area contributed by atoms with Gasteiger partial charge in [0.25, 0.3) is 11.8 Å². The number of anilines is 1. The normalized spacial score (nSPS) is 14.2. The number of amides is 2. The topological polar surface area (TPSA) is 58.2 Å². The van der Waals surface area contributed by atoms with Crippen LogP contribution < -0.4 is 10.6 Å². The summed E-state index contributed by atoms with van der Waals surface area (Å²) < 4.78 is 0. The molecule has 1 aliphatic rings. The van der Waals surface area contributed by atoms with Crippen molar-refractivity contribution in [2.45, 2.75) is 11.4 Å². The minimum Gasteiger partial charge on any atom is -0.348 e. The maximum atomic E-state index is 12.5. The Labute approximate surface area is 178 Å². The summed E-state index contributed by atoms with van der Waals surface area (Å²) in [6.45, 7) is 0.447. The first-order valence-electron chi connectivity index (χ1n) is 9.02. The average molecular weight is 421 g/mol. The van der Waals surface area contributed by atoms with Gasteiger partial charge < -0.3 is 10.6 Å². The highest BCUT2D eigenvalue weighted by molar-refractivity contribution is 8.04. The molecule has 0 spiro atoms. The summed E-state index contributed by atoms with van der Waals surface area (Å²) in [7, 11) is 0. The smallest absolute Gasteiger partial charge is 0.262 e. The molecule has 144 valence electrons. The first-order chi connectivity index (χ1) is 14.1. The summed E-state index contributed by atoms with van der Waals surface area (Å²) >= 11 is 7.55. The van der Waals surface area contributed by atoms with Crippen LogP contribution in [0.5, 0.6) is 0 Å². The Balaban J connectivity index is 1.50. The zero-order valence-corrected chi connectivity index (χ0v) is 16.9. The summed E-state index contributed by atoms with van der Waals surface area (Å²) in [5, 5.41) is 6.35. The van der Waals surface area contributed by atoms with Crippen LogP contribution in [-0.4, -0.2) is 11.8 Å². The lowest BCUT2D eigenvalue weighted by atomic mass is 10.1. The number of nitrogens with one attached hydrogen (secondary N) is 2. The van der Waals surface area contributed by atoms with E-state index in [0.29, 0.717) is 27.7 Å². The van der Waals surface area contributed by atoms with E-state index in [1.54, 1.807) is 24.3 Å². The standard InChI is InChI=1S/C23H17ClN2O2S/c24-18-9-5-4-8-16(18)13-21-23(28)26-19-12-17(10-11-20(19)29-21)22(27)25-14-15-6-2-1-3-7-15/h1-13H,14H2,(H,25,27)(H,26,28)/b21-13+. The number of thioether (sulfide) groups is 1. The van der Waals surface area contributed by atoms with Gasteiger partial charge in [-0.1, -0.05) is 71.9 Å². The van der Waals surface area contributed by atoms with Crippen molar-refractivity contribution >= 4 is 46.9 Å². The SMILES string of the molecule is O=C1Nc2cc(C(=O)NCc3ccccc3)ccc2S/C1=C/c1ccccc1Cl. The molecule has 4 rings (SSSR count). The van der Waals surface area contributed by atoms with Gasteiger partial charge in [0.15, 0.2) is 0 Å². The largest absolute Gasteiger partial charge is 0.348 e. The van der Waals surface area contributed by atoms with Crippen molar-refractivity contribution in [3.05, 3.63) is 99.4 Å². The van der Waals surface area contributed by atoms with Crippen LogP contribution in [0.1, 0.15) is 21.5 Å². The van der Waals surface area contributed by atoms with Crippen LogP contribution in [0.3, 0.4) is 0 Å². The maximum absolute atomic E-state index is 12.5. The quantitative estimate of drug-likeness (QED) is 0.559. The third-order valence-electron chi connectivity index (χ3n) is 4.42. The Kier molecular flexibility index (Phi) is 5.69. The Hall–Kier alpha value is -3.02. The molecular weight excluding hydrogens is 404 g/mol. The van der Waals surface area contributed by atoms with Crippen molar-refractivity contribution in [2.75, 3.05) is 5.32 Å². The van der Waals surface area contributed by atoms with Crippen molar-refractivity contribution in [3.8, 4) is 0 Å². The van der Waals surface area contributed by atoms with Gasteiger partial charge in [0, 0.05) is 22.0 Å². The second-order valence-corrected chi connectivity index (χ2v) is 7.96. The van der Waals surface area contributed by atoms with Gasteiger partial charge in [-0.3, -0.25) is 9.59 Å². The first kappa shape index (κ1) is 19.3. The number of rotatable bonds is 4. The monoisotopic (exact) mass is 420 g/mol. The van der Waals surface area contributed by atoms with Crippen molar-refractivity contribution in [1.29, 1.82) is 0 Å². The predicted molar refractivity (Wildman–Crippen MR) is 118 cm³/mol. The minimum atomic E-state index is -0.218. The molecule has 2 amide bonds. The number of carbonyl (C=O) groups excluding carboxylic acids is 2. The van der Waals surface area contributed by atoms with Crippen molar-refractivity contribution in [1.82, 2.24) is 5.32 Å². The number of carbonyl (C=O) groups is 2. The fourth-order valence-electron chi connectivity index (χ4n) is 2.92. The average Bonchev–Trinajstić information content (AvgIpc) is 2.74. The molecule has 4 nitrogen and oxygen atoms in total. The molecule has 0 saturated heterocycles. The van der Waals surface area contributed by atoms with Crippen LogP contribution in [0.15, 0.2) is 82.6 Å². The number of hydrogen-bond donors (Lipinski definition) is 2. The molecule has 3 aromatic carbocycles. The highest BCUT2D eigenvalue weighted by atomic mass is 35.5. The van der Waals surface area contributed by atoms with E-state index in [1.807, 2.05) is 54.6 Å². The summed E-state index contributed by atoms with van der Waals surface area (Å²) in [6.07, 6.45) is 1.77. The molecule has 0 atom stereocenters. The third kappa shape index (κ3) is 4.53. The fraction of sp³-hybridized carbons (Fsp3) is 0.0435. The van der Waals surface area contributed by atoms with E-state index in [2.05, 4.69) is 10.6 Å². The molecule has 0 unspecified atom stereocenters. The molecular formula is C23H17ClN2O2S. The van der Waals surface area contributed by atoms with E-state index < -0.39 is 0 Å². The number of halogens is 1. The van der Waals surface area contributed by atoms with Crippen LogP contribution in [0.25, 0.3) is 6.08 Å². The minimum absolute atomic E-state index is 0.187. The molecule has 2 N–H and O–H groups in total. The van der Waals surface area contributed by atoms with E-state index in [9.17, 15) is 9.59 Å². The van der Waals surface area contributed by atoms with Crippen LogP contribution >= 0.6 is 23.4 Å². The van der Waals surface area contributed by atoms with E-state index >= 15 is 0 Å². The molecule has 0 saturated carbocycles. The summed E-state index contributed by atoms with van der Waals surface area (Å²) in [4.78, 5) is 26.4. The van der Waals surface area contributed by atoms with Crippen LogP contribution in [0, 0.1) is 0 Å². The van der Waals surface area contributed by atoms with Crippen LogP contribution in [0.4, 0.5) is 5.69 Å². The van der Waals surface area contributed by atoms with Gasteiger partial charge in [0.1, 0.15) is 0 Å². The Morgan fingerprint density at radius 1 is 1.03 bits per heavy atom. The Morgan fingerprint density at radius 3 is 2.59 bits per heavy atom. The van der Waals surface area contributed by atoms with Crippen molar-refractivity contribution in [2.24, 2.45) is 0 Å². The van der Waals surface area contributed by atoms with E-state index in [1.165, 1.54) is 11.8 Å². The lowest BCUT2D eigenvalue weighted by molar-refractivity contribution is -0.112.